The third-order valence-electron chi connectivity index (χ3n) is 7.36. The third-order valence-corrected chi connectivity index (χ3v) is 7.36. The molecule has 0 aliphatic heterocycles. The van der Waals surface area contributed by atoms with E-state index in [1.54, 1.807) is 0 Å². The first-order valence-corrected chi connectivity index (χ1v) is 10.6. The molecule has 130 valence electrons. The Labute approximate surface area is 144 Å². The molecule has 3 aliphatic rings. The highest BCUT2D eigenvalue weighted by molar-refractivity contribution is 5.12. The number of hydrogen-bond acceptors (Lipinski definition) is 0. The van der Waals surface area contributed by atoms with Crippen molar-refractivity contribution in [1.29, 1.82) is 0 Å². The van der Waals surface area contributed by atoms with Crippen LogP contribution < -0.4 is 0 Å². The summed E-state index contributed by atoms with van der Waals surface area (Å²) in [6.45, 7) is 6.31. The fourth-order valence-electron chi connectivity index (χ4n) is 5.61. The highest BCUT2D eigenvalue weighted by Crippen LogP contribution is 2.43. The van der Waals surface area contributed by atoms with Gasteiger partial charge < -0.3 is 0 Å². The van der Waals surface area contributed by atoms with Gasteiger partial charge in [0.1, 0.15) is 0 Å². The lowest BCUT2D eigenvalue weighted by atomic mass is 9.68. The lowest BCUT2D eigenvalue weighted by Gasteiger charge is -2.37. The Bertz CT molecular complexity index is 388. The van der Waals surface area contributed by atoms with Crippen molar-refractivity contribution in [3.63, 3.8) is 0 Å². The highest BCUT2D eigenvalue weighted by atomic mass is 14.4. The van der Waals surface area contributed by atoms with E-state index in [1.807, 2.05) is 5.57 Å². The Hall–Kier alpha value is -0.520. The molecule has 0 heterocycles. The number of rotatable bonds is 5. The van der Waals surface area contributed by atoms with Crippen molar-refractivity contribution in [2.24, 2.45) is 29.6 Å². The minimum atomic E-state index is 0.960. The molecule has 0 aromatic rings. The SMILES string of the molecule is C=CCCC1CCC(C2CC=C(C3CCC(C)CC3)CC2)CC1. The van der Waals surface area contributed by atoms with Crippen LogP contribution in [0.1, 0.15) is 90.4 Å². The van der Waals surface area contributed by atoms with E-state index in [4.69, 9.17) is 0 Å². The predicted molar refractivity (Wildman–Crippen MR) is 101 cm³/mol. The predicted octanol–water partition coefficient (Wildman–Crippen LogP) is 7.31. The molecule has 1 unspecified atom stereocenters. The maximum Gasteiger partial charge on any atom is -0.0203 e. The molecule has 3 aliphatic carbocycles. The lowest BCUT2D eigenvalue weighted by molar-refractivity contribution is 0.184. The van der Waals surface area contributed by atoms with Gasteiger partial charge in [-0.05, 0) is 87.4 Å². The van der Waals surface area contributed by atoms with Crippen LogP contribution in [0.15, 0.2) is 24.3 Å². The molecule has 0 amide bonds. The smallest absolute Gasteiger partial charge is 0.0203 e. The van der Waals surface area contributed by atoms with E-state index >= 15 is 0 Å². The van der Waals surface area contributed by atoms with Gasteiger partial charge in [0.25, 0.3) is 0 Å². The minimum Gasteiger partial charge on any atom is -0.103 e. The largest absolute Gasteiger partial charge is 0.103 e. The monoisotopic (exact) mass is 314 g/mol. The van der Waals surface area contributed by atoms with Crippen LogP contribution in [0.3, 0.4) is 0 Å². The Balaban J connectivity index is 1.43. The second kappa shape index (κ2) is 8.54. The summed E-state index contributed by atoms with van der Waals surface area (Å²) in [6.07, 6.45) is 23.7. The quantitative estimate of drug-likeness (QED) is 0.466. The molecular formula is C23H38. The van der Waals surface area contributed by atoms with E-state index in [-0.39, 0.29) is 0 Å². The van der Waals surface area contributed by atoms with Crippen LogP contribution >= 0.6 is 0 Å². The molecule has 0 radical (unpaired) electrons. The molecular weight excluding hydrogens is 276 g/mol. The van der Waals surface area contributed by atoms with Gasteiger partial charge in [-0.15, -0.1) is 6.58 Å². The summed E-state index contributed by atoms with van der Waals surface area (Å²) in [5, 5.41) is 0. The van der Waals surface area contributed by atoms with E-state index in [0.29, 0.717) is 0 Å². The topological polar surface area (TPSA) is 0 Å². The second-order valence-corrected chi connectivity index (χ2v) is 8.92. The van der Waals surface area contributed by atoms with Crippen molar-refractivity contribution in [2.75, 3.05) is 0 Å². The zero-order valence-electron chi connectivity index (χ0n) is 15.4. The first-order valence-electron chi connectivity index (χ1n) is 10.6. The zero-order chi connectivity index (χ0) is 16.1. The van der Waals surface area contributed by atoms with Gasteiger partial charge in [0.15, 0.2) is 0 Å². The van der Waals surface area contributed by atoms with Crippen LogP contribution in [0.5, 0.6) is 0 Å². The molecule has 0 saturated heterocycles. The fourth-order valence-corrected chi connectivity index (χ4v) is 5.61. The first kappa shape index (κ1) is 17.3. The van der Waals surface area contributed by atoms with Crippen LogP contribution in [0.2, 0.25) is 0 Å². The van der Waals surface area contributed by atoms with Crippen molar-refractivity contribution in [3.05, 3.63) is 24.3 Å². The molecule has 0 spiro atoms. The Morgan fingerprint density at radius 2 is 1.70 bits per heavy atom. The number of hydrogen-bond donors (Lipinski definition) is 0. The molecule has 2 saturated carbocycles. The van der Waals surface area contributed by atoms with Crippen LogP contribution in [0.25, 0.3) is 0 Å². The van der Waals surface area contributed by atoms with Crippen molar-refractivity contribution in [3.8, 4) is 0 Å². The standard InChI is InChI=1S/C23H38/c1-3-4-5-19-8-12-21(13-9-19)23-16-14-22(15-17-23)20-10-6-18(2)7-11-20/h3,14,18-21,23H,1,4-13,15-17H2,2H3. The van der Waals surface area contributed by atoms with Gasteiger partial charge in [-0.3, -0.25) is 0 Å². The van der Waals surface area contributed by atoms with Gasteiger partial charge >= 0.3 is 0 Å². The van der Waals surface area contributed by atoms with Gasteiger partial charge in [-0.25, -0.2) is 0 Å². The number of allylic oxidation sites excluding steroid dienone is 3. The maximum absolute atomic E-state index is 3.88. The van der Waals surface area contributed by atoms with Crippen molar-refractivity contribution >= 4 is 0 Å². The van der Waals surface area contributed by atoms with Gasteiger partial charge in [0.2, 0.25) is 0 Å². The first-order chi connectivity index (χ1) is 11.3. The van der Waals surface area contributed by atoms with Gasteiger partial charge in [-0.2, -0.15) is 0 Å². The van der Waals surface area contributed by atoms with Crippen LogP contribution in [-0.4, -0.2) is 0 Å². The summed E-state index contributed by atoms with van der Waals surface area (Å²) < 4.78 is 0. The highest BCUT2D eigenvalue weighted by Gasteiger charge is 2.30. The summed E-state index contributed by atoms with van der Waals surface area (Å²) >= 11 is 0. The Morgan fingerprint density at radius 1 is 0.957 bits per heavy atom. The van der Waals surface area contributed by atoms with Crippen molar-refractivity contribution in [2.45, 2.75) is 90.4 Å². The lowest BCUT2D eigenvalue weighted by Crippen LogP contribution is -2.24. The Kier molecular flexibility index (Phi) is 6.43. The average Bonchev–Trinajstić information content (AvgIpc) is 2.61. The summed E-state index contributed by atoms with van der Waals surface area (Å²) in [4.78, 5) is 0. The molecule has 23 heavy (non-hydrogen) atoms. The zero-order valence-corrected chi connectivity index (χ0v) is 15.4. The maximum atomic E-state index is 3.88. The molecule has 0 bridgehead atoms. The van der Waals surface area contributed by atoms with Crippen molar-refractivity contribution in [1.82, 2.24) is 0 Å². The normalized spacial score (nSPS) is 38.8. The van der Waals surface area contributed by atoms with E-state index in [9.17, 15) is 0 Å². The van der Waals surface area contributed by atoms with Crippen LogP contribution in [-0.2, 0) is 0 Å². The molecule has 0 heteroatoms. The molecule has 0 aromatic carbocycles. The fraction of sp³-hybridized carbons (Fsp3) is 0.826. The molecule has 2 fully saturated rings. The third kappa shape index (κ3) is 4.74. The Morgan fingerprint density at radius 3 is 2.30 bits per heavy atom. The second-order valence-electron chi connectivity index (χ2n) is 8.92. The molecule has 0 aromatic heterocycles. The summed E-state index contributed by atoms with van der Waals surface area (Å²) in [7, 11) is 0. The summed E-state index contributed by atoms with van der Waals surface area (Å²) in [5.41, 5.74) is 1.85. The molecule has 0 nitrogen and oxygen atoms in total. The summed E-state index contributed by atoms with van der Waals surface area (Å²) in [5.74, 6) is 5.00. The van der Waals surface area contributed by atoms with Gasteiger partial charge in [0.05, 0.1) is 0 Å². The van der Waals surface area contributed by atoms with Gasteiger partial charge in [0, 0.05) is 0 Å². The van der Waals surface area contributed by atoms with E-state index in [1.165, 1.54) is 83.5 Å². The van der Waals surface area contributed by atoms with Gasteiger partial charge in [-0.1, -0.05) is 50.3 Å². The minimum absolute atomic E-state index is 0.960. The van der Waals surface area contributed by atoms with E-state index in [0.717, 1.165) is 29.6 Å². The van der Waals surface area contributed by atoms with E-state index < -0.39 is 0 Å². The molecule has 1 atom stereocenters. The van der Waals surface area contributed by atoms with Crippen LogP contribution in [0, 0.1) is 29.6 Å². The van der Waals surface area contributed by atoms with Crippen LogP contribution in [0.4, 0.5) is 0 Å². The van der Waals surface area contributed by atoms with Crippen molar-refractivity contribution < 1.29 is 0 Å². The molecule has 0 N–H and O–H groups in total. The molecule has 3 rings (SSSR count). The summed E-state index contributed by atoms with van der Waals surface area (Å²) in [6, 6.07) is 0. The average molecular weight is 315 g/mol. The van der Waals surface area contributed by atoms with E-state index in [2.05, 4.69) is 25.7 Å².